The molecule has 0 aliphatic heterocycles. The van der Waals surface area contributed by atoms with Gasteiger partial charge in [0.25, 0.3) is 0 Å². The first-order chi connectivity index (χ1) is 13.9. The van der Waals surface area contributed by atoms with Gasteiger partial charge < -0.3 is 9.66 Å². The maximum absolute atomic E-state index is 11.5. The third-order valence-electron chi connectivity index (χ3n) is 5.99. The van der Waals surface area contributed by atoms with Crippen molar-refractivity contribution in [2.24, 2.45) is 0 Å². The smallest absolute Gasteiger partial charge is 0.748 e. The summed E-state index contributed by atoms with van der Waals surface area (Å²) in [6, 6.07) is 0. The summed E-state index contributed by atoms with van der Waals surface area (Å²) in [6.45, 7) is 4.34. The van der Waals surface area contributed by atoms with Crippen molar-refractivity contribution in [3.63, 3.8) is 0 Å². The van der Waals surface area contributed by atoms with Crippen LogP contribution >= 0.6 is 0 Å². The topological polar surface area (TPSA) is 77.4 Å². The third kappa shape index (κ3) is 22.1. The van der Waals surface area contributed by atoms with Crippen molar-refractivity contribution in [2.75, 3.05) is 0 Å². The first-order valence-electron chi connectivity index (χ1n) is 12.5. The molecule has 0 aromatic carbocycles. The molecule has 0 saturated carbocycles. The molecule has 0 amide bonds. The van der Waals surface area contributed by atoms with Gasteiger partial charge in [-0.15, -0.1) is 0 Å². The van der Waals surface area contributed by atoms with E-state index in [9.17, 15) is 18.1 Å². The molecule has 0 bridgehead atoms. The van der Waals surface area contributed by atoms with Crippen LogP contribution in [0.2, 0.25) is 0 Å². The van der Waals surface area contributed by atoms with E-state index in [4.69, 9.17) is 0 Å². The van der Waals surface area contributed by atoms with Crippen molar-refractivity contribution < 1.29 is 47.6 Å². The summed E-state index contributed by atoms with van der Waals surface area (Å²) >= 11 is 0. The molecule has 0 radical (unpaired) electrons. The van der Waals surface area contributed by atoms with E-state index in [0.29, 0.717) is 12.8 Å². The molecule has 2 unspecified atom stereocenters. The number of rotatable bonds is 22. The van der Waals surface area contributed by atoms with E-state index in [0.717, 1.165) is 64.2 Å². The number of hydrogen-bond donors (Lipinski definition) is 1. The average molecular weight is 457 g/mol. The predicted molar refractivity (Wildman–Crippen MR) is 123 cm³/mol. The molecule has 6 heteroatoms. The second-order valence-corrected chi connectivity index (χ2v) is 10.5. The van der Waals surface area contributed by atoms with Crippen molar-refractivity contribution in [3.05, 3.63) is 0 Å². The Labute approximate surface area is 210 Å². The summed E-state index contributed by atoms with van der Waals surface area (Å²) in [4.78, 5) is 0. The maximum Gasteiger partial charge on any atom is 1.00 e. The van der Waals surface area contributed by atoms with Gasteiger partial charge in [-0.25, -0.2) is 8.42 Å². The van der Waals surface area contributed by atoms with Gasteiger partial charge in [0.05, 0.1) is 16.2 Å². The van der Waals surface area contributed by atoms with E-state index < -0.39 is 15.4 Å². The van der Waals surface area contributed by atoms with Crippen molar-refractivity contribution in [2.45, 2.75) is 154 Å². The molecule has 176 valence electrons. The largest absolute Gasteiger partial charge is 1.00 e. The Morgan fingerprint density at radius 2 is 0.900 bits per heavy atom. The van der Waals surface area contributed by atoms with Crippen LogP contribution in [0.4, 0.5) is 0 Å². The Bertz CT molecular complexity index is 442. The van der Waals surface area contributed by atoms with E-state index in [1.165, 1.54) is 51.4 Å². The van der Waals surface area contributed by atoms with Crippen LogP contribution in [-0.2, 0) is 10.1 Å². The molecular weight excluding hydrogens is 407 g/mol. The minimum Gasteiger partial charge on any atom is -0.748 e. The van der Waals surface area contributed by atoms with E-state index in [2.05, 4.69) is 13.8 Å². The molecule has 0 fully saturated rings. The zero-order chi connectivity index (χ0) is 21.8. The average Bonchev–Trinajstić information content (AvgIpc) is 2.66. The molecular formula is C24H49NaO4S. The third-order valence-corrected chi connectivity index (χ3v) is 7.28. The minimum absolute atomic E-state index is 0. The van der Waals surface area contributed by atoms with Gasteiger partial charge in [0.15, 0.2) is 0 Å². The van der Waals surface area contributed by atoms with Gasteiger partial charge in [-0.05, 0) is 25.7 Å². The Hall–Kier alpha value is 0.870. The molecule has 1 N–H and O–H groups in total. The molecule has 0 aromatic heterocycles. The molecule has 30 heavy (non-hydrogen) atoms. The van der Waals surface area contributed by atoms with Crippen LogP contribution in [0.25, 0.3) is 0 Å². The van der Waals surface area contributed by atoms with Crippen molar-refractivity contribution >= 4 is 10.1 Å². The van der Waals surface area contributed by atoms with Crippen LogP contribution in [-0.4, -0.2) is 29.4 Å². The van der Waals surface area contributed by atoms with E-state index in [-0.39, 0.29) is 35.7 Å². The fourth-order valence-corrected chi connectivity index (χ4v) is 4.91. The van der Waals surface area contributed by atoms with Crippen LogP contribution in [0.15, 0.2) is 0 Å². The Balaban J connectivity index is 0. The van der Waals surface area contributed by atoms with Crippen LogP contribution in [0.3, 0.4) is 0 Å². The number of hydrogen-bond acceptors (Lipinski definition) is 4. The molecule has 0 spiro atoms. The molecule has 0 rings (SSSR count). The summed E-state index contributed by atoms with van der Waals surface area (Å²) in [5.41, 5.74) is 0. The fourth-order valence-electron chi connectivity index (χ4n) is 4.00. The Kier molecular flexibility index (Phi) is 25.4. The first kappa shape index (κ1) is 33.0. The first-order valence-corrected chi connectivity index (χ1v) is 14.0. The summed E-state index contributed by atoms with van der Waals surface area (Å²) in [6.07, 6.45) is 20.8. The van der Waals surface area contributed by atoms with Gasteiger partial charge in [-0.3, -0.25) is 0 Å². The van der Waals surface area contributed by atoms with Gasteiger partial charge >= 0.3 is 29.6 Å². The number of aliphatic hydroxyl groups is 1. The fraction of sp³-hybridized carbons (Fsp3) is 1.00. The molecule has 0 aliphatic rings. The molecule has 0 heterocycles. The second kappa shape index (κ2) is 23.0. The zero-order valence-corrected chi connectivity index (χ0v) is 23.2. The summed E-state index contributed by atoms with van der Waals surface area (Å²) in [5.74, 6) is 0. The number of unbranched alkanes of at least 4 members (excludes halogenated alkanes) is 13. The van der Waals surface area contributed by atoms with E-state index in [1.807, 2.05) is 0 Å². The standard InChI is InChI=1S/C24H50O4S.Na/c1-3-5-7-12-17-21-24(29(26,27)28)22-18-14-11-9-8-10-13-16-20-23(25)19-15-6-4-2;/h23-25H,3-22H2,1-2H3,(H,26,27,28);/q;+1/p-1. The molecule has 0 saturated heterocycles. The molecule has 2 atom stereocenters. The Morgan fingerprint density at radius 1 is 0.600 bits per heavy atom. The van der Waals surface area contributed by atoms with Crippen LogP contribution in [0.1, 0.15) is 142 Å². The van der Waals surface area contributed by atoms with Crippen LogP contribution < -0.4 is 29.6 Å². The van der Waals surface area contributed by atoms with Gasteiger partial charge in [-0.2, -0.15) is 0 Å². The van der Waals surface area contributed by atoms with Gasteiger partial charge in [0.2, 0.25) is 0 Å². The van der Waals surface area contributed by atoms with Gasteiger partial charge in [0, 0.05) is 5.25 Å². The summed E-state index contributed by atoms with van der Waals surface area (Å²) in [7, 11) is -4.15. The SMILES string of the molecule is CCCCCCCC(CCCCCCCCCCC(O)CCCCC)S(=O)(=O)[O-].[Na+]. The van der Waals surface area contributed by atoms with Crippen molar-refractivity contribution in [3.8, 4) is 0 Å². The molecule has 0 aromatic rings. The Morgan fingerprint density at radius 3 is 1.30 bits per heavy atom. The summed E-state index contributed by atoms with van der Waals surface area (Å²) < 4.78 is 34.4. The normalized spacial score (nSPS) is 13.7. The second-order valence-electron chi connectivity index (χ2n) is 8.87. The van der Waals surface area contributed by atoms with Crippen molar-refractivity contribution in [1.29, 1.82) is 0 Å². The van der Waals surface area contributed by atoms with Crippen LogP contribution in [0, 0.1) is 0 Å². The molecule has 0 aliphatic carbocycles. The van der Waals surface area contributed by atoms with Crippen LogP contribution in [0.5, 0.6) is 0 Å². The van der Waals surface area contributed by atoms with Gasteiger partial charge in [0.1, 0.15) is 0 Å². The minimum atomic E-state index is -4.15. The van der Waals surface area contributed by atoms with E-state index >= 15 is 0 Å². The quantitative estimate of drug-likeness (QED) is 0.151. The monoisotopic (exact) mass is 456 g/mol. The van der Waals surface area contributed by atoms with Crippen molar-refractivity contribution in [1.82, 2.24) is 0 Å². The zero-order valence-electron chi connectivity index (χ0n) is 20.4. The predicted octanol–water partition coefficient (Wildman–Crippen LogP) is 4.11. The van der Waals surface area contributed by atoms with E-state index in [1.54, 1.807) is 0 Å². The maximum atomic E-state index is 11.5. The van der Waals surface area contributed by atoms with Gasteiger partial charge in [-0.1, -0.05) is 117 Å². The summed E-state index contributed by atoms with van der Waals surface area (Å²) in [5, 5.41) is 9.23. The number of aliphatic hydroxyl groups excluding tert-OH is 1. The molecule has 4 nitrogen and oxygen atoms in total.